The molecule has 0 aliphatic heterocycles. The fourth-order valence-corrected chi connectivity index (χ4v) is 1.93. The molecular weight excluding hydrogens is 266 g/mol. The first kappa shape index (κ1) is 15.0. The van der Waals surface area contributed by atoms with E-state index in [1.165, 1.54) is 10.7 Å². The highest BCUT2D eigenvalue weighted by molar-refractivity contribution is 5.96. The lowest BCUT2D eigenvalue weighted by molar-refractivity contribution is 0.0965. The van der Waals surface area contributed by atoms with Crippen molar-refractivity contribution in [2.24, 2.45) is 0 Å². The highest BCUT2D eigenvalue weighted by Gasteiger charge is 2.10. The van der Waals surface area contributed by atoms with Gasteiger partial charge in [0.2, 0.25) is 0 Å². The molecule has 5 nitrogen and oxygen atoms in total. The third kappa shape index (κ3) is 3.37. The number of hydrogen-bond donors (Lipinski definition) is 0. The van der Waals surface area contributed by atoms with Crippen LogP contribution in [0.5, 0.6) is 0 Å². The fourth-order valence-electron chi connectivity index (χ4n) is 1.93. The average molecular weight is 285 g/mol. The Hall–Kier alpha value is -2.43. The van der Waals surface area contributed by atoms with Crippen LogP contribution in [-0.2, 0) is 6.54 Å². The molecule has 0 atom stereocenters. The third-order valence-electron chi connectivity index (χ3n) is 3.49. The summed E-state index contributed by atoms with van der Waals surface area (Å²) in [5, 5.41) is 4.05. The van der Waals surface area contributed by atoms with E-state index in [4.69, 9.17) is 0 Å². The summed E-state index contributed by atoms with van der Waals surface area (Å²) < 4.78 is 1.19. The number of carbonyl (C=O) groups excluding carboxylic acids is 1. The normalized spacial score (nSPS) is 10.5. The Balaban J connectivity index is 2.23. The van der Waals surface area contributed by atoms with Crippen LogP contribution in [0.1, 0.15) is 21.5 Å². The van der Waals surface area contributed by atoms with E-state index in [0.717, 1.165) is 16.8 Å². The van der Waals surface area contributed by atoms with Crippen LogP contribution in [0.15, 0.2) is 35.3 Å². The second-order valence-electron chi connectivity index (χ2n) is 5.33. The molecule has 1 aromatic carbocycles. The highest BCUT2D eigenvalue weighted by atomic mass is 16.1. The minimum Gasteiger partial charge on any atom is -0.376 e. The van der Waals surface area contributed by atoms with Gasteiger partial charge in [-0.25, -0.2) is 4.68 Å². The molecule has 0 amide bonds. The van der Waals surface area contributed by atoms with Gasteiger partial charge >= 0.3 is 0 Å². The van der Waals surface area contributed by atoms with Gasteiger partial charge < -0.3 is 4.90 Å². The number of aryl methyl sites for hydroxylation is 2. The maximum atomic E-state index is 12.2. The topological polar surface area (TPSA) is 55.2 Å². The summed E-state index contributed by atoms with van der Waals surface area (Å²) >= 11 is 0. The Morgan fingerprint density at radius 3 is 2.48 bits per heavy atom. The molecule has 5 heteroatoms. The van der Waals surface area contributed by atoms with Crippen LogP contribution in [0.25, 0.3) is 0 Å². The van der Waals surface area contributed by atoms with Crippen molar-refractivity contribution < 1.29 is 4.79 Å². The van der Waals surface area contributed by atoms with E-state index in [9.17, 15) is 9.59 Å². The predicted octanol–water partition coefficient (Wildman–Crippen LogP) is 1.81. The van der Waals surface area contributed by atoms with Crippen LogP contribution < -0.4 is 10.5 Å². The summed E-state index contributed by atoms with van der Waals surface area (Å²) in [5.74, 6) is -0.120. The first-order chi connectivity index (χ1) is 9.88. The van der Waals surface area contributed by atoms with E-state index < -0.39 is 0 Å². The zero-order chi connectivity index (χ0) is 15.6. The second kappa shape index (κ2) is 5.91. The van der Waals surface area contributed by atoms with Gasteiger partial charge in [0, 0.05) is 25.7 Å². The Bertz CT molecular complexity index is 733. The molecule has 21 heavy (non-hydrogen) atoms. The standard InChI is InChI=1S/C16H19N3O2/c1-11-5-6-13(7-12(11)2)15(20)10-19-16(21)8-14(9-17-19)18(3)4/h5-9H,10H2,1-4H3. The van der Waals surface area contributed by atoms with E-state index in [-0.39, 0.29) is 17.9 Å². The van der Waals surface area contributed by atoms with E-state index in [1.54, 1.807) is 17.2 Å². The van der Waals surface area contributed by atoms with Crippen molar-refractivity contribution in [2.45, 2.75) is 20.4 Å². The van der Waals surface area contributed by atoms with Gasteiger partial charge in [-0.05, 0) is 31.0 Å². The second-order valence-corrected chi connectivity index (χ2v) is 5.33. The quantitative estimate of drug-likeness (QED) is 0.804. The molecule has 1 aromatic heterocycles. The largest absolute Gasteiger partial charge is 0.376 e. The molecule has 0 fully saturated rings. The lowest BCUT2D eigenvalue weighted by Crippen LogP contribution is -2.27. The summed E-state index contributed by atoms with van der Waals surface area (Å²) in [5.41, 5.74) is 3.23. The van der Waals surface area contributed by atoms with Crippen LogP contribution in [0.4, 0.5) is 5.69 Å². The molecule has 0 radical (unpaired) electrons. The van der Waals surface area contributed by atoms with Crippen molar-refractivity contribution in [1.29, 1.82) is 0 Å². The number of carbonyl (C=O) groups is 1. The molecule has 2 rings (SSSR count). The van der Waals surface area contributed by atoms with Gasteiger partial charge in [-0.1, -0.05) is 12.1 Å². The molecular formula is C16H19N3O2. The van der Waals surface area contributed by atoms with Gasteiger partial charge in [-0.3, -0.25) is 9.59 Å². The molecule has 0 saturated heterocycles. The minimum absolute atomic E-state index is 0.0466. The zero-order valence-electron chi connectivity index (χ0n) is 12.8. The summed E-state index contributed by atoms with van der Waals surface area (Å²) in [6, 6.07) is 7.01. The summed E-state index contributed by atoms with van der Waals surface area (Å²) in [4.78, 5) is 26.0. The summed E-state index contributed by atoms with van der Waals surface area (Å²) in [7, 11) is 3.67. The molecule has 2 aromatic rings. The number of rotatable bonds is 4. The summed E-state index contributed by atoms with van der Waals surface area (Å²) in [6.07, 6.45) is 1.58. The third-order valence-corrected chi connectivity index (χ3v) is 3.49. The van der Waals surface area contributed by atoms with Crippen LogP contribution in [0, 0.1) is 13.8 Å². The molecule has 0 aliphatic rings. The number of Topliss-reactive ketones (excluding diaryl/α,β-unsaturated/α-hetero) is 1. The van der Waals surface area contributed by atoms with E-state index >= 15 is 0 Å². The van der Waals surface area contributed by atoms with Crippen LogP contribution in [-0.4, -0.2) is 29.7 Å². The Morgan fingerprint density at radius 1 is 1.19 bits per heavy atom. The van der Waals surface area contributed by atoms with Gasteiger partial charge in [-0.2, -0.15) is 5.10 Å². The number of anilines is 1. The Labute approximate surface area is 123 Å². The minimum atomic E-state index is -0.279. The molecule has 0 aliphatic carbocycles. The van der Waals surface area contributed by atoms with Crippen molar-refractivity contribution in [2.75, 3.05) is 19.0 Å². The fraction of sp³-hybridized carbons (Fsp3) is 0.312. The van der Waals surface area contributed by atoms with E-state index in [2.05, 4.69) is 5.10 Å². The van der Waals surface area contributed by atoms with Crippen molar-refractivity contribution >= 4 is 11.5 Å². The number of hydrogen-bond acceptors (Lipinski definition) is 4. The first-order valence-electron chi connectivity index (χ1n) is 6.73. The number of aromatic nitrogens is 2. The lowest BCUT2D eigenvalue weighted by Gasteiger charge is -2.12. The number of nitrogens with zero attached hydrogens (tertiary/aromatic N) is 3. The lowest BCUT2D eigenvalue weighted by atomic mass is 10.0. The predicted molar refractivity (Wildman–Crippen MR) is 83.1 cm³/mol. The van der Waals surface area contributed by atoms with Gasteiger partial charge in [0.25, 0.3) is 5.56 Å². The van der Waals surface area contributed by atoms with Gasteiger partial charge in [0.15, 0.2) is 5.78 Å². The zero-order valence-corrected chi connectivity index (χ0v) is 12.8. The van der Waals surface area contributed by atoms with Crippen molar-refractivity contribution in [3.63, 3.8) is 0 Å². The van der Waals surface area contributed by atoms with E-state index in [1.807, 2.05) is 40.1 Å². The monoisotopic (exact) mass is 285 g/mol. The Morgan fingerprint density at radius 2 is 1.90 bits per heavy atom. The maximum absolute atomic E-state index is 12.2. The van der Waals surface area contributed by atoms with Gasteiger partial charge in [0.1, 0.15) is 6.54 Å². The molecule has 0 saturated carbocycles. The van der Waals surface area contributed by atoms with E-state index in [0.29, 0.717) is 5.56 Å². The molecule has 0 bridgehead atoms. The van der Waals surface area contributed by atoms with Crippen LogP contribution >= 0.6 is 0 Å². The number of ketones is 1. The molecule has 0 spiro atoms. The Kier molecular flexibility index (Phi) is 4.21. The molecule has 0 N–H and O–H groups in total. The smallest absolute Gasteiger partial charge is 0.269 e. The average Bonchev–Trinajstić information content (AvgIpc) is 2.43. The molecule has 1 heterocycles. The molecule has 0 unspecified atom stereocenters. The van der Waals surface area contributed by atoms with Gasteiger partial charge in [-0.15, -0.1) is 0 Å². The summed E-state index contributed by atoms with van der Waals surface area (Å²) in [6.45, 7) is 3.91. The number of benzene rings is 1. The highest BCUT2D eigenvalue weighted by Crippen LogP contribution is 2.11. The first-order valence-corrected chi connectivity index (χ1v) is 6.73. The van der Waals surface area contributed by atoms with Crippen molar-refractivity contribution in [3.05, 3.63) is 57.5 Å². The van der Waals surface area contributed by atoms with Gasteiger partial charge in [0.05, 0.1) is 11.9 Å². The maximum Gasteiger partial charge on any atom is 0.269 e. The van der Waals surface area contributed by atoms with Crippen LogP contribution in [0.3, 0.4) is 0 Å². The van der Waals surface area contributed by atoms with Crippen molar-refractivity contribution in [1.82, 2.24) is 9.78 Å². The van der Waals surface area contributed by atoms with Crippen LogP contribution in [0.2, 0.25) is 0 Å². The molecule has 110 valence electrons. The van der Waals surface area contributed by atoms with Crippen molar-refractivity contribution in [3.8, 4) is 0 Å². The SMILES string of the molecule is Cc1ccc(C(=O)Cn2ncc(N(C)C)cc2=O)cc1C.